The van der Waals surface area contributed by atoms with Gasteiger partial charge in [0.15, 0.2) is 0 Å². The van der Waals surface area contributed by atoms with E-state index in [0.29, 0.717) is 5.57 Å². The van der Waals surface area contributed by atoms with Crippen molar-refractivity contribution in [2.24, 2.45) is 5.41 Å². The Bertz CT molecular complexity index is 226. The van der Waals surface area contributed by atoms with E-state index in [2.05, 4.69) is 6.92 Å². The van der Waals surface area contributed by atoms with Crippen LogP contribution in [0.3, 0.4) is 0 Å². The minimum Gasteiger partial charge on any atom is -0.478 e. The normalized spacial score (nSPS) is 20.9. The second-order valence-corrected chi connectivity index (χ2v) is 4.03. The lowest BCUT2D eigenvalue weighted by Gasteiger charge is -2.37. The van der Waals surface area contributed by atoms with Crippen molar-refractivity contribution in [3.05, 3.63) is 11.6 Å². The average molecular weight is 184 g/mol. The maximum atomic E-state index is 10.4. The molecule has 1 aliphatic rings. The van der Waals surface area contributed by atoms with Crippen molar-refractivity contribution < 1.29 is 14.6 Å². The fraction of sp³-hybridized carbons (Fsp3) is 0.700. The molecular weight excluding hydrogens is 168 g/mol. The van der Waals surface area contributed by atoms with Gasteiger partial charge in [-0.2, -0.15) is 0 Å². The van der Waals surface area contributed by atoms with Gasteiger partial charge in [-0.05, 0) is 19.8 Å². The zero-order valence-corrected chi connectivity index (χ0v) is 8.17. The van der Waals surface area contributed by atoms with Gasteiger partial charge in [0.1, 0.15) is 0 Å². The van der Waals surface area contributed by atoms with Crippen LogP contribution in [0.25, 0.3) is 0 Å². The number of hydrogen-bond donors (Lipinski definition) is 1. The molecule has 1 fully saturated rings. The third-order valence-electron chi connectivity index (χ3n) is 2.44. The molecule has 0 spiro atoms. The number of carbonyl (C=O) groups is 1. The Kier molecular flexibility index (Phi) is 3.09. The first-order chi connectivity index (χ1) is 6.03. The minimum absolute atomic E-state index is 0.287. The van der Waals surface area contributed by atoms with E-state index >= 15 is 0 Å². The van der Waals surface area contributed by atoms with E-state index < -0.39 is 5.97 Å². The molecule has 1 rings (SSSR count). The average Bonchev–Trinajstić information content (AvgIpc) is 2.01. The fourth-order valence-electron chi connectivity index (χ4n) is 1.32. The smallest absolute Gasteiger partial charge is 0.330 e. The quantitative estimate of drug-likeness (QED) is 0.678. The Hall–Kier alpha value is -0.830. The van der Waals surface area contributed by atoms with Gasteiger partial charge in [0.2, 0.25) is 0 Å². The fourth-order valence-corrected chi connectivity index (χ4v) is 1.32. The van der Waals surface area contributed by atoms with Crippen LogP contribution in [0.2, 0.25) is 0 Å². The topological polar surface area (TPSA) is 46.5 Å². The van der Waals surface area contributed by atoms with Crippen molar-refractivity contribution in [3.63, 3.8) is 0 Å². The molecule has 0 bridgehead atoms. The summed E-state index contributed by atoms with van der Waals surface area (Å²) in [6, 6.07) is 0. The van der Waals surface area contributed by atoms with Crippen molar-refractivity contribution >= 4 is 5.97 Å². The van der Waals surface area contributed by atoms with Gasteiger partial charge in [-0.25, -0.2) is 4.79 Å². The Labute approximate surface area is 78.4 Å². The predicted octanol–water partition coefficient (Wildman–Crippen LogP) is 1.83. The lowest BCUT2D eigenvalue weighted by atomic mass is 9.83. The number of carboxylic acids is 1. The van der Waals surface area contributed by atoms with Gasteiger partial charge in [0.05, 0.1) is 13.2 Å². The van der Waals surface area contributed by atoms with Crippen LogP contribution in [0.15, 0.2) is 11.6 Å². The van der Waals surface area contributed by atoms with Gasteiger partial charge < -0.3 is 9.84 Å². The molecule has 1 saturated heterocycles. The predicted molar refractivity (Wildman–Crippen MR) is 49.6 cm³/mol. The van der Waals surface area contributed by atoms with Gasteiger partial charge in [-0.15, -0.1) is 0 Å². The summed E-state index contributed by atoms with van der Waals surface area (Å²) >= 11 is 0. The van der Waals surface area contributed by atoms with Crippen LogP contribution < -0.4 is 0 Å². The highest BCUT2D eigenvalue weighted by atomic mass is 16.5. The van der Waals surface area contributed by atoms with E-state index in [0.717, 1.165) is 26.1 Å². The van der Waals surface area contributed by atoms with E-state index in [1.165, 1.54) is 0 Å². The standard InChI is InChI=1S/C10H16O3/c1-8(9(11)12)4-3-5-10(2)6-13-7-10/h4H,3,5-7H2,1-2H3,(H,11,12). The molecule has 74 valence electrons. The van der Waals surface area contributed by atoms with Gasteiger partial charge in [-0.3, -0.25) is 0 Å². The molecule has 0 unspecified atom stereocenters. The van der Waals surface area contributed by atoms with Crippen molar-refractivity contribution in [1.29, 1.82) is 0 Å². The first kappa shape index (κ1) is 10.3. The van der Waals surface area contributed by atoms with E-state index in [9.17, 15) is 4.79 Å². The van der Waals surface area contributed by atoms with Crippen molar-refractivity contribution in [2.75, 3.05) is 13.2 Å². The molecule has 0 aromatic rings. The molecule has 0 aromatic heterocycles. The Morgan fingerprint density at radius 3 is 2.62 bits per heavy atom. The minimum atomic E-state index is -0.824. The third-order valence-corrected chi connectivity index (χ3v) is 2.44. The number of allylic oxidation sites excluding steroid dienone is 1. The van der Waals surface area contributed by atoms with Gasteiger partial charge in [-0.1, -0.05) is 13.0 Å². The molecule has 0 aliphatic carbocycles. The summed E-state index contributed by atoms with van der Waals surface area (Å²) in [4.78, 5) is 10.4. The molecule has 3 nitrogen and oxygen atoms in total. The molecule has 0 amide bonds. The van der Waals surface area contributed by atoms with Crippen LogP contribution in [0.4, 0.5) is 0 Å². The highest BCUT2D eigenvalue weighted by molar-refractivity contribution is 5.85. The van der Waals surface area contributed by atoms with Crippen molar-refractivity contribution in [2.45, 2.75) is 26.7 Å². The number of carboxylic acid groups (broad SMARTS) is 1. The van der Waals surface area contributed by atoms with Gasteiger partial charge in [0.25, 0.3) is 0 Å². The molecule has 0 aromatic carbocycles. The highest BCUT2D eigenvalue weighted by Gasteiger charge is 2.32. The maximum absolute atomic E-state index is 10.4. The van der Waals surface area contributed by atoms with Crippen LogP contribution in [-0.4, -0.2) is 24.3 Å². The lowest BCUT2D eigenvalue weighted by Crippen LogP contribution is -2.39. The second kappa shape index (κ2) is 3.92. The molecule has 1 heterocycles. The summed E-state index contributed by atoms with van der Waals surface area (Å²) in [6.07, 6.45) is 3.63. The zero-order valence-electron chi connectivity index (χ0n) is 8.17. The molecule has 3 heteroatoms. The molecule has 0 radical (unpaired) electrons. The van der Waals surface area contributed by atoms with Gasteiger partial charge in [0, 0.05) is 11.0 Å². The van der Waals surface area contributed by atoms with E-state index in [4.69, 9.17) is 9.84 Å². The van der Waals surface area contributed by atoms with E-state index in [1.54, 1.807) is 13.0 Å². The van der Waals surface area contributed by atoms with Gasteiger partial charge >= 0.3 is 5.97 Å². The zero-order chi connectivity index (χ0) is 9.90. The highest BCUT2D eigenvalue weighted by Crippen LogP contribution is 2.31. The number of ether oxygens (including phenoxy) is 1. The summed E-state index contributed by atoms with van der Waals surface area (Å²) in [5, 5.41) is 8.59. The first-order valence-electron chi connectivity index (χ1n) is 4.51. The molecule has 13 heavy (non-hydrogen) atoms. The lowest BCUT2D eigenvalue weighted by molar-refractivity contribution is -0.132. The second-order valence-electron chi connectivity index (χ2n) is 4.03. The Morgan fingerprint density at radius 1 is 1.62 bits per heavy atom. The number of aliphatic carboxylic acids is 1. The molecule has 0 saturated carbocycles. The monoisotopic (exact) mass is 184 g/mol. The summed E-state index contributed by atoms with van der Waals surface area (Å²) in [6.45, 7) is 5.42. The van der Waals surface area contributed by atoms with E-state index in [-0.39, 0.29) is 5.41 Å². The van der Waals surface area contributed by atoms with E-state index in [1.807, 2.05) is 0 Å². The van der Waals surface area contributed by atoms with Crippen LogP contribution in [0, 0.1) is 5.41 Å². The van der Waals surface area contributed by atoms with Crippen LogP contribution >= 0.6 is 0 Å². The molecular formula is C10H16O3. The largest absolute Gasteiger partial charge is 0.478 e. The van der Waals surface area contributed by atoms with Crippen LogP contribution in [-0.2, 0) is 9.53 Å². The summed E-state index contributed by atoms with van der Waals surface area (Å²) in [5.74, 6) is -0.824. The Morgan fingerprint density at radius 2 is 2.23 bits per heavy atom. The van der Waals surface area contributed by atoms with Crippen molar-refractivity contribution in [1.82, 2.24) is 0 Å². The first-order valence-corrected chi connectivity index (χ1v) is 4.51. The summed E-state index contributed by atoms with van der Waals surface area (Å²) < 4.78 is 5.11. The van der Waals surface area contributed by atoms with Crippen LogP contribution in [0.1, 0.15) is 26.7 Å². The number of rotatable bonds is 4. The summed E-state index contributed by atoms with van der Waals surface area (Å²) in [5.41, 5.74) is 0.721. The van der Waals surface area contributed by atoms with Crippen LogP contribution in [0.5, 0.6) is 0 Å². The molecule has 0 atom stereocenters. The summed E-state index contributed by atoms with van der Waals surface area (Å²) in [7, 11) is 0. The number of hydrogen-bond acceptors (Lipinski definition) is 2. The maximum Gasteiger partial charge on any atom is 0.330 e. The Balaban J connectivity index is 2.27. The SMILES string of the molecule is CC(=CCCC1(C)COC1)C(=O)O. The third kappa shape index (κ3) is 2.84. The molecule has 1 N–H and O–H groups in total. The molecule has 1 aliphatic heterocycles. The van der Waals surface area contributed by atoms with Crippen molar-refractivity contribution in [3.8, 4) is 0 Å².